The van der Waals surface area contributed by atoms with Gasteiger partial charge in [0.05, 0.1) is 20.3 Å². The second-order valence-corrected chi connectivity index (χ2v) is 4.74. The largest absolute Gasteiger partial charge is 0.497 e. The number of methoxy groups -OCH3 is 2. The van der Waals surface area contributed by atoms with Gasteiger partial charge in [0.2, 0.25) is 5.95 Å². The maximum atomic E-state index is 12.7. The fourth-order valence-electron chi connectivity index (χ4n) is 2.04. The highest BCUT2D eigenvalue weighted by Gasteiger charge is 2.32. The molecule has 1 atom stereocenters. The number of nitrogens with one attached hydrogen (secondary N) is 1. The van der Waals surface area contributed by atoms with Crippen molar-refractivity contribution in [2.24, 2.45) is 0 Å². The van der Waals surface area contributed by atoms with Crippen LogP contribution in [0.25, 0.3) is 0 Å². The van der Waals surface area contributed by atoms with Crippen LogP contribution in [0.1, 0.15) is 24.2 Å². The average molecular weight is 327 g/mol. The summed E-state index contributed by atoms with van der Waals surface area (Å²) in [6.07, 6.45) is -3.45. The lowest BCUT2D eigenvalue weighted by molar-refractivity contribution is -0.141. The summed E-state index contributed by atoms with van der Waals surface area (Å²) in [6.45, 7) is 1.76. The van der Waals surface area contributed by atoms with E-state index in [1.54, 1.807) is 25.1 Å². The molecule has 0 unspecified atom stereocenters. The summed E-state index contributed by atoms with van der Waals surface area (Å²) in [5.74, 6) is 1.08. The molecule has 0 bridgehead atoms. The van der Waals surface area contributed by atoms with Gasteiger partial charge in [0.25, 0.3) is 0 Å². The van der Waals surface area contributed by atoms with E-state index in [0.717, 1.165) is 12.3 Å². The zero-order valence-electron chi connectivity index (χ0n) is 12.8. The highest BCUT2D eigenvalue weighted by molar-refractivity contribution is 5.45. The molecular weight excluding hydrogens is 311 g/mol. The van der Waals surface area contributed by atoms with Crippen LogP contribution in [0.4, 0.5) is 19.1 Å². The molecule has 1 aromatic heterocycles. The van der Waals surface area contributed by atoms with Gasteiger partial charge in [-0.3, -0.25) is 0 Å². The van der Waals surface area contributed by atoms with Crippen molar-refractivity contribution in [2.45, 2.75) is 19.1 Å². The zero-order chi connectivity index (χ0) is 17.0. The van der Waals surface area contributed by atoms with E-state index in [-0.39, 0.29) is 12.0 Å². The molecule has 2 aromatic rings. The van der Waals surface area contributed by atoms with Gasteiger partial charge in [0.1, 0.15) is 17.2 Å². The highest BCUT2D eigenvalue weighted by atomic mass is 19.4. The number of rotatable bonds is 5. The maximum absolute atomic E-state index is 12.7. The van der Waals surface area contributed by atoms with Crippen LogP contribution < -0.4 is 14.8 Å². The first kappa shape index (κ1) is 16.9. The SMILES string of the molecule is COc1ccc(OC)c([C@H](C)Nc2nccc(C(F)(F)F)n2)c1. The third-order valence-corrected chi connectivity index (χ3v) is 3.19. The molecule has 5 nitrogen and oxygen atoms in total. The topological polar surface area (TPSA) is 56.3 Å². The number of alkyl halides is 3. The van der Waals surface area contributed by atoms with Crippen LogP contribution in [0.3, 0.4) is 0 Å². The van der Waals surface area contributed by atoms with Crippen molar-refractivity contribution in [3.63, 3.8) is 0 Å². The lowest BCUT2D eigenvalue weighted by Crippen LogP contribution is -2.14. The molecule has 0 fully saturated rings. The van der Waals surface area contributed by atoms with Crippen molar-refractivity contribution in [1.29, 1.82) is 0 Å². The smallest absolute Gasteiger partial charge is 0.433 e. The Bertz CT molecular complexity index is 677. The molecule has 0 radical (unpaired) electrons. The van der Waals surface area contributed by atoms with Crippen molar-refractivity contribution in [1.82, 2.24) is 9.97 Å². The Kier molecular flexibility index (Phi) is 4.92. The lowest BCUT2D eigenvalue weighted by atomic mass is 10.1. The molecule has 1 aromatic carbocycles. The number of hydrogen-bond acceptors (Lipinski definition) is 5. The number of ether oxygens (including phenoxy) is 2. The lowest BCUT2D eigenvalue weighted by Gasteiger charge is -2.18. The molecule has 0 aliphatic carbocycles. The molecule has 1 N–H and O–H groups in total. The fraction of sp³-hybridized carbons (Fsp3) is 0.333. The van der Waals surface area contributed by atoms with Gasteiger partial charge in [-0.15, -0.1) is 0 Å². The predicted molar refractivity (Wildman–Crippen MR) is 78.6 cm³/mol. The highest BCUT2D eigenvalue weighted by Crippen LogP contribution is 2.31. The first-order chi connectivity index (χ1) is 10.8. The van der Waals surface area contributed by atoms with Crippen LogP contribution in [0, 0.1) is 0 Å². The number of hydrogen-bond donors (Lipinski definition) is 1. The number of aromatic nitrogens is 2. The number of nitrogens with zero attached hydrogens (tertiary/aromatic N) is 2. The quantitative estimate of drug-likeness (QED) is 0.908. The van der Waals surface area contributed by atoms with Crippen LogP contribution in [-0.2, 0) is 6.18 Å². The zero-order valence-corrected chi connectivity index (χ0v) is 12.8. The first-order valence-electron chi connectivity index (χ1n) is 6.74. The summed E-state index contributed by atoms with van der Waals surface area (Å²) in [4.78, 5) is 7.31. The second-order valence-electron chi connectivity index (χ2n) is 4.74. The molecule has 124 valence electrons. The third kappa shape index (κ3) is 4.02. The molecule has 0 amide bonds. The summed E-state index contributed by atoms with van der Waals surface area (Å²) in [6, 6.07) is 5.63. The van der Waals surface area contributed by atoms with Gasteiger partial charge in [0.15, 0.2) is 0 Å². The molecule has 0 saturated carbocycles. The third-order valence-electron chi connectivity index (χ3n) is 3.19. The summed E-state index contributed by atoms with van der Waals surface area (Å²) in [5.41, 5.74) is -0.285. The molecule has 1 heterocycles. The van der Waals surface area contributed by atoms with Gasteiger partial charge in [-0.1, -0.05) is 0 Å². The monoisotopic (exact) mass is 327 g/mol. The van der Waals surface area contributed by atoms with Crippen molar-refractivity contribution < 1.29 is 22.6 Å². The Morgan fingerprint density at radius 2 is 1.87 bits per heavy atom. The Morgan fingerprint density at radius 1 is 1.13 bits per heavy atom. The van der Waals surface area contributed by atoms with Crippen LogP contribution in [0.5, 0.6) is 11.5 Å². The minimum absolute atomic E-state index is 0.114. The molecule has 0 aliphatic heterocycles. The van der Waals surface area contributed by atoms with E-state index in [0.29, 0.717) is 17.1 Å². The van der Waals surface area contributed by atoms with E-state index in [1.165, 1.54) is 14.2 Å². The minimum Gasteiger partial charge on any atom is -0.497 e. The summed E-state index contributed by atoms with van der Waals surface area (Å²) in [7, 11) is 3.04. The molecule has 0 saturated heterocycles. The summed E-state index contributed by atoms with van der Waals surface area (Å²) in [5, 5.41) is 2.84. The van der Waals surface area contributed by atoms with Gasteiger partial charge in [-0.2, -0.15) is 13.2 Å². The average Bonchev–Trinajstić information content (AvgIpc) is 2.53. The number of halogens is 3. The van der Waals surface area contributed by atoms with E-state index in [1.807, 2.05) is 0 Å². The second kappa shape index (κ2) is 6.72. The normalized spacial score (nSPS) is 12.6. The molecule has 0 spiro atoms. The standard InChI is InChI=1S/C15H16F3N3O2/c1-9(11-8-10(22-2)4-5-12(11)23-3)20-14-19-7-6-13(21-14)15(16,17)18/h4-9H,1-3H3,(H,19,20,21)/t9-/m0/s1. The van der Waals surface area contributed by atoms with E-state index in [2.05, 4.69) is 15.3 Å². The van der Waals surface area contributed by atoms with Crippen molar-refractivity contribution in [2.75, 3.05) is 19.5 Å². The minimum atomic E-state index is -4.52. The number of anilines is 1. The molecular formula is C15H16F3N3O2. The Hall–Kier alpha value is -2.51. The van der Waals surface area contributed by atoms with E-state index in [9.17, 15) is 13.2 Å². The van der Waals surface area contributed by atoms with Gasteiger partial charge in [-0.25, -0.2) is 9.97 Å². The van der Waals surface area contributed by atoms with Gasteiger partial charge in [-0.05, 0) is 31.2 Å². The van der Waals surface area contributed by atoms with E-state index in [4.69, 9.17) is 9.47 Å². The number of benzene rings is 1. The van der Waals surface area contributed by atoms with Crippen LogP contribution in [-0.4, -0.2) is 24.2 Å². The first-order valence-corrected chi connectivity index (χ1v) is 6.74. The van der Waals surface area contributed by atoms with Crippen LogP contribution in [0.15, 0.2) is 30.5 Å². The molecule has 23 heavy (non-hydrogen) atoms. The summed E-state index contributed by atoms with van der Waals surface area (Å²) >= 11 is 0. The predicted octanol–water partition coefficient (Wildman–Crippen LogP) is 3.69. The Morgan fingerprint density at radius 3 is 2.48 bits per heavy atom. The van der Waals surface area contributed by atoms with Gasteiger partial charge in [0, 0.05) is 11.8 Å². The van der Waals surface area contributed by atoms with Gasteiger partial charge < -0.3 is 14.8 Å². The van der Waals surface area contributed by atoms with Crippen LogP contribution in [0.2, 0.25) is 0 Å². The molecule has 2 rings (SSSR count). The van der Waals surface area contributed by atoms with E-state index < -0.39 is 11.9 Å². The van der Waals surface area contributed by atoms with Crippen molar-refractivity contribution >= 4 is 5.95 Å². The van der Waals surface area contributed by atoms with Crippen LogP contribution >= 0.6 is 0 Å². The molecule has 0 aliphatic rings. The summed E-state index contributed by atoms with van der Waals surface area (Å²) < 4.78 is 48.5. The van der Waals surface area contributed by atoms with Crippen molar-refractivity contribution in [3.05, 3.63) is 41.7 Å². The Balaban J connectivity index is 2.27. The molecule has 8 heteroatoms. The van der Waals surface area contributed by atoms with Gasteiger partial charge >= 0.3 is 6.18 Å². The maximum Gasteiger partial charge on any atom is 0.433 e. The van der Waals surface area contributed by atoms with E-state index >= 15 is 0 Å². The van der Waals surface area contributed by atoms with Crippen molar-refractivity contribution in [3.8, 4) is 11.5 Å². The Labute approximate surface area is 131 Å². The fourth-order valence-corrected chi connectivity index (χ4v) is 2.04.